The van der Waals surface area contributed by atoms with Gasteiger partial charge in [0.15, 0.2) is 0 Å². The highest BCUT2D eigenvalue weighted by Gasteiger charge is 2.42. The van der Waals surface area contributed by atoms with Crippen molar-refractivity contribution >= 4 is 11.8 Å². The number of carbonyl (C=O) groups excluding carboxylic acids is 1. The number of alkyl carbamates (subject to hydrolysis) is 1. The second-order valence-corrected chi connectivity index (χ2v) is 10.9. The summed E-state index contributed by atoms with van der Waals surface area (Å²) in [4.78, 5) is 17.0. The molecule has 7 heteroatoms. The first-order valence-electron chi connectivity index (χ1n) is 13.7. The van der Waals surface area contributed by atoms with E-state index >= 15 is 0 Å². The van der Waals surface area contributed by atoms with E-state index in [2.05, 4.69) is 27.3 Å². The van der Waals surface area contributed by atoms with Gasteiger partial charge in [0, 0.05) is 44.2 Å². The Balaban J connectivity index is 1.19. The number of piperidine rings is 1. The molecule has 3 aliphatic rings. The van der Waals surface area contributed by atoms with Gasteiger partial charge in [0.2, 0.25) is 0 Å². The van der Waals surface area contributed by atoms with Crippen molar-refractivity contribution in [3.05, 3.63) is 65.5 Å². The number of halogens is 1. The number of hydrogen-bond donors (Lipinski definition) is 1. The average molecular weight is 505 g/mol. The molecular formula is C30H37FN4O2. The highest BCUT2D eigenvalue weighted by atomic mass is 19.1. The Kier molecular flexibility index (Phi) is 7.95. The molecule has 5 rings (SSSR count). The molecule has 2 saturated heterocycles. The second-order valence-electron chi connectivity index (χ2n) is 10.9. The van der Waals surface area contributed by atoms with Crippen LogP contribution in [0.3, 0.4) is 0 Å². The zero-order valence-corrected chi connectivity index (χ0v) is 21.6. The molecule has 1 N–H and O–H groups in total. The van der Waals surface area contributed by atoms with E-state index in [1.165, 1.54) is 11.8 Å². The number of ether oxygens (including phenoxy) is 1. The van der Waals surface area contributed by atoms with E-state index in [1.807, 2.05) is 30.3 Å². The number of hydrogen-bond acceptors (Lipinski definition) is 5. The third kappa shape index (κ3) is 5.91. The third-order valence-corrected chi connectivity index (χ3v) is 8.64. The fraction of sp³-hybridized carbons (Fsp3) is 0.533. The van der Waals surface area contributed by atoms with Crippen molar-refractivity contribution in [1.29, 1.82) is 5.26 Å². The van der Waals surface area contributed by atoms with Crippen LogP contribution in [-0.4, -0.2) is 56.9 Å². The standard InChI is InChI=1S/C30H37FN4O2/c1-33-30(36)37-28-7-3-6-27(28)29(24-4-2-5-25(31)16-24)23-12-14-34(15-13-23)18-22-19-35(20-22)26-10-8-21(17-32)9-11-26/h2,4-5,8-11,16,22-23,27-29H,3,6-7,12-15,18-20H2,1H3,(H,33,36)/t27?,28-,29?/m0/s1. The predicted octanol–water partition coefficient (Wildman–Crippen LogP) is 5.15. The highest BCUT2D eigenvalue weighted by Crippen LogP contribution is 2.46. The molecule has 3 fully saturated rings. The van der Waals surface area contributed by atoms with Gasteiger partial charge < -0.3 is 19.9 Å². The Hall–Kier alpha value is -3.11. The molecule has 196 valence electrons. The van der Waals surface area contributed by atoms with Crippen LogP contribution in [0.25, 0.3) is 0 Å². The number of nitrogens with zero attached hydrogens (tertiary/aromatic N) is 3. The van der Waals surface area contributed by atoms with Crippen LogP contribution in [0.1, 0.15) is 49.1 Å². The van der Waals surface area contributed by atoms with Gasteiger partial charge in [0.1, 0.15) is 11.9 Å². The molecule has 2 aromatic carbocycles. The van der Waals surface area contributed by atoms with Gasteiger partial charge in [-0.05, 0) is 99.0 Å². The Morgan fingerprint density at radius 3 is 2.57 bits per heavy atom. The first kappa shape index (κ1) is 25.5. The topological polar surface area (TPSA) is 68.6 Å². The molecule has 0 radical (unpaired) electrons. The largest absolute Gasteiger partial charge is 0.446 e. The number of carbonyl (C=O) groups is 1. The van der Waals surface area contributed by atoms with Gasteiger partial charge in [-0.25, -0.2) is 9.18 Å². The molecule has 1 saturated carbocycles. The monoisotopic (exact) mass is 504 g/mol. The first-order valence-corrected chi connectivity index (χ1v) is 13.7. The van der Waals surface area contributed by atoms with Crippen LogP contribution in [-0.2, 0) is 4.74 Å². The zero-order valence-electron chi connectivity index (χ0n) is 21.6. The lowest BCUT2D eigenvalue weighted by atomic mass is 9.71. The van der Waals surface area contributed by atoms with Gasteiger partial charge in [0.25, 0.3) is 0 Å². The van der Waals surface area contributed by atoms with Crippen molar-refractivity contribution in [2.75, 3.05) is 44.7 Å². The summed E-state index contributed by atoms with van der Waals surface area (Å²) < 4.78 is 20.0. The number of nitriles is 1. The van der Waals surface area contributed by atoms with E-state index in [-0.39, 0.29) is 29.9 Å². The molecule has 3 atom stereocenters. The van der Waals surface area contributed by atoms with E-state index in [1.54, 1.807) is 13.1 Å². The summed E-state index contributed by atoms with van der Waals surface area (Å²) in [6.07, 6.45) is 4.59. The van der Waals surface area contributed by atoms with E-state index < -0.39 is 0 Å². The quantitative estimate of drug-likeness (QED) is 0.565. The molecule has 0 bridgehead atoms. The third-order valence-electron chi connectivity index (χ3n) is 8.64. The molecule has 37 heavy (non-hydrogen) atoms. The summed E-state index contributed by atoms with van der Waals surface area (Å²) in [6.45, 7) is 5.32. The van der Waals surface area contributed by atoms with Crippen LogP contribution < -0.4 is 10.2 Å². The number of likely N-dealkylation sites (tertiary alicyclic amines) is 1. The number of rotatable bonds is 7. The van der Waals surface area contributed by atoms with Crippen LogP contribution in [0.5, 0.6) is 0 Å². The van der Waals surface area contributed by atoms with Crippen LogP contribution in [0, 0.1) is 34.9 Å². The Labute approximate surface area is 219 Å². The van der Waals surface area contributed by atoms with Crippen LogP contribution in [0.4, 0.5) is 14.9 Å². The van der Waals surface area contributed by atoms with Gasteiger partial charge in [0.05, 0.1) is 11.6 Å². The Morgan fingerprint density at radius 1 is 1.14 bits per heavy atom. The highest BCUT2D eigenvalue weighted by molar-refractivity contribution is 5.67. The van der Waals surface area contributed by atoms with Crippen molar-refractivity contribution in [3.8, 4) is 6.07 Å². The van der Waals surface area contributed by atoms with Gasteiger partial charge in [-0.2, -0.15) is 5.26 Å². The summed E-state index contributed by atoms with van der Waals surface area (Å²) >= 11 is 0. The maximum absolute atomic E-state index is 14.3. The van der Waals surface area contributed by atoms with Crippen LogP contribution >= 0.6 is 0 Å². The van der Waals surface area contributed by atoms with Gasteiger partial charge in [-0.15, -0.1) is 0 Å². The molecular weight excluding hydrogens is 467 g/mol. The fourth-order valence-electron chi connectivity index (χ4n) is 6.79. The Morgan fingerprint density at radius 2 is 1.89 bits per heavy atom. The molecule has 2 aromatic rings. The van der Waals surface area contributed by atoms with Gasteiger partial charge in [-0.3, -0.25) is 0 Å². The zero-order chi connectivity index (χ0) is 25.8. The van der Waals surface area contributed by atoms with Crippen molar-refractivity contribution in [2.45, 2.75) is 44.1 Å². The van der Waals surface area contributed by atoms with Crippen LogP contribution in [0.2, 0.25) is 0 Å². The molecule has 6 nitrogen and oxygen atoms in total. The molecule has 0 aromatic heterocycles. The summed E-state index contributed by atoms with van der Waals surface area (Å²) in [5, 5.41) is 11.6. The van der Waals surface area contributed by atoms with Gasteiger partial charge >= 0.3 is 6.09 Å². The SMILES string of the molecule is CNC(=O)O[C@H]1CCCC1C(c1cccc(F)c1)C1CCN(CC2CN(c3ccc(C#N)cc3)C2)CC1. The molecule has 2 aliphatic heterocycles. The first-order chi connectivity index (χ1) is 18.0. The Bertz CT molecular complexity index is 1100. The fourth-order valence-corrected chi connectivity index (χ4v) is 6.79. The molecule has 1 aliphatic carbocycles. The lowest BCUT2D eigenvalue weighted by molar-refractivity contribution is 0.0506. The summed E-state index contributed by atoms with van der Waals surface area (Å²) in [5.74, 6) is 1.34. The molecule has 2 unspecified atom stereocenters. The van der Waals surface area contributed by atoms with E-state index in [0.29, 0.717) is 17.4 Å². The minimum atomic E-state index is -0.375. The average Bonchev–Trinajstić information content (AvgIpc) is 3.34. The van der Waals surface area contributed by atoms with Crippen molar-refractivity contribution < 1.29 is 13.9 Å². The van der Waals surface area contributed by atoms with Crippen molar-refractivity contribution in [1.82, 2.24) is 10.2 Å². The molecule has 2 heterocycles. The molecule has 0 spiro atoms. The smallest absolute Gasteiger partial charge is 0.407 e. The van der Waals surface area contributed by atoms with Crippen molar-refractivity contribution in [3.63, 3.8) is 0 Å². The minimum Gasteiger partial charge on any atom is -0.446 e. The minimum absolute atomic E-state index is 0.116. The molecule has 1 amide bonds. The lowest BCUT2D eigenvalue weighted by Crippen LogP contribution is -2.52. The summed E-state index contributed by atoms with van der Waals surface area (Å²) in [7, 11) is 1.60. The second kappa shape index (κ2) is 11.5. The maximum atomic E-state index is 14.3. The maximum Gasteiger partial charge on any atom is 0.407 e. The summed E-state index contributed by atoms with van der Waals surface area (Å²) in [6, 6.07) is 17.1. The number of anilines is 1. The van der Waals surface area contributed by atoms with E-state index in [4.69, 9.17) is 10.00 Å². The predicted molar refractivity (Wildman–Crippen MR) is 142 cm³/mol. The number of nitrogens with one attached hydrogen (secondary N) is 1. The van der Waals surface area contributed by atoms with E-state index in [9.17, 15) is 9.18 Å². The summed E-state index contributed by atoms with van der Waals surface area (Å²) in [5.41, 5.74) is 2.94. The number of benzene rings is 2. The van der Waals surface area contributed by atoms with Gasteiger partial charge in [-0.1, -0.05) is 12.1 Å². The normalized spacial score (nSPS) is 23.8. The van der Waals surface area contributed by atoms with Crippen molar-refractivity contribution in [2.24, 2.45) is 17.8 Å². The van der Waals surface area contributed by atoms with E-state index in [0.717, 1.165) is 70.4 Å². The number of amides is 1. The lowest BCUT2D eigenvalue weighted by Gasteiger charge is -2.45. The van der Waals surface area contributed by atoms with Crippen LogP contribution in [0.15, 0.2) is 48.5 Å².